The van der Waals surface area contributed by atoms with Crippen LogP contribution in [-0.2, 0) is 4.79 Å². The minimum atomic E-state index is -0.163. The maximum absolute atomic E-state index is 12.0. The van der Waals surface area contributed by atoms with Crippen LogP contribution in [0.2, 0.25) is 0 Å². The first kappa shape index (κ1) is 16.2. The van der Waals surface area contributed by atoms with E-state index in [2.05, 4.69) is 25.4 Å². The summed E-state index contributed by atoms with van der Waals surface area (Å²) in [7, 11) is 3.65. The average Bonchev–Trinajstić information content (AvgIpc) is 3.17. The van der Waals surface area contributed by atoms with Crippen molar-refractivity contribution in [1.82, 2.24) is 25.0 Å². The molecule has 0 fully saturated rings. The SMILES string of the molecule is Cc1noc(-c2cc(NC(=O)CN(C)C)nc(-c3cccs3)n2)n1. The molecule has 1 amide bonds. The first-order valence-corrected chi connectivity index (χ1v) is 8.07. The fourth-order valence-electron chi connectivity index (χ4n) is 2.01. The lowest BCUT2D eigenvalue weighted by molar-refractivity contribution is -0.116. The van der Waals surface area contributed by atoms with E-state index in [4.69, 9.17) is 4.52 Å². The van der Waals surface area contributed by atoms with Crippen LogP contribution in [0.3, 0.4) is 0 Å². The summed E-state index contributed by atoms with van der Waals surface area (Å²) in [5.41, 5.74) is 0.467. The van der Waals surface area contributed by atoms with Crippen LogP contribution in [0.1, 0.15) is 5.82 Å². The summed E-state index contributed by atoms with van der Waals surface area (Å²) in [5.74, 6) is 1.53. The molecule has 3 aromatic heterocycles. The number of nitrogens with one attached hydrogen (secondary N) is 1. The number of aromatic nitrogens is 4. The third-order valence-corrected chi connectivity index (χ3v) is 3.81. The van der Waals surface area contributed by atoms with E-state index in [1.807, 2.05) is 31.6 Å². The van der Waals surface area contributed by atoms with Crippen LogP contribution in [0.25, 0.3) is 22.3 Å². The molecule has 0 radical (unpaired) electrons. The van der Waals surface area contributed by atoms with Crippen LogP contribution in [0.5, 0.6) is 0 Å². The third-order valence-electron chi connectivity index (χ3n) is 2.94. The Kier molecular flexibility index (Phi) is 4.63. The Hall–Kier alpha value is -2.65. The summed E-state index contributed by atoms with van der Waals surface area (Å²) >= 11 is 1.51. The van der Waals surface area contributed by atoms with Gasteiger partial charge in [-0.3, -0.25) is 4.79 Å². The molecule has 8 nitrogen and oxygen atoms in total. The summed E-state index contributed by atoms with van der Waals surface area (Å²) in [5, 5.41) is 8.49. The number of thiophene rings is 1. The Bertz CT molecular complexity index is 844. The second-order valence-electron chi connectivity index (χ2n) is 5.37. The van der Waals surface area contributed by atoms with Gasteiger partial charge in [0.1, 0.15) is 11.5 Å². The maximum Gasteiger partial charge on any atom is 0.276 e. The number of carbonyl (C=O) groups excluding carboxylic acids is 1. The fourth-order valence-corrected chi connectivity index (χ4v) is 2.67. The number of anilines is 1. The molecular formula is C15H16N6O2S. The minimum Gasteiger partial charge on any atom is -0.332 e. The van der Waals surface area contributed by atoms with Crippen molar-refractivity contribution >= 4 is 23.1 Å². The van der Waals surface area contributed by atoms with Crippen molar-refractivity contribution in [3.8, 4) is 22.3 Å². The fraction of sp³-hybridized carbons (Fsp3) is 0.267. The molecule has 0 atom stereocenters. The van der Waals surface area contributed by atoms with Crippen LogP contribution < -0.4 is 5.32 Å². The molecule has 24 heavy (non-hydrogen) atoms. The number of nitrogens with zero attached hydrogens (tertiary/aromatic N) is 5. The van der Waals surface area contributed by atoms with Crippen LogP contribution in [0.4, 0.5) is 5.82 Å². The Morgan fingerprint density at radius 1 is 1.33 bits per heavy atom. The second-order valence-corrected chi connectivity index (χ2v) is 6.32. The molecule has 0 saturated heterocycles. The van der Waals surface area contributed by atoms with Crippen molar-refractivity contribution in [3.63, 3.8) is 0 Å². The maximum atomic E-state index is 12.0. The third kappa shape index (κ3) is 3.81. The Labute approximate surface area is 142 Å². The summed E-state index contributed by atoms with van der Waals surface area (Å²) < 4.78 is 5.18. The molecule has 0 saturated carbocycles. The molecular weight excluding hydrogens is 328 g/mol. The minimum absolute atomic E-state index is 0.163. The topological polar surface area (TPSA) is 97.0 Å². The van der Waals surface area contributed by atoms with Crippen LogP contribution in [-0.4, -0.2) is 51.6 Å². The van der Waals surface area contributed by atoms with E-state index in [0.29, 0.717) is 23.2 Å². The average molecular weight is 344 g/mol. The van der Waals surface area contributed by atoms with Gasteiger partial charge in [-0.2, -0.15) is 4.98 Å². The predicted octanol–water partition coefficient (Wildman–Crippen LogP) is 2.06. The number of likely N-dealkylation sites (N-methyl/N-ethyl adjacent to an activating group) is 1. The molecule has 9 heteroatoms. The van der Waals surface area contributed by atoms with E-state index in [1.165, 1.54) is 11.3 Å². The first-order valence-electron chi connectivity index (χ1n) is 7.19. The van der Waals surface area contributed by atoms with Gasteiger partial charge in [-0.05, 0) is 32.5 Å². The lowest BCUT2D eigenvalue weighted by Crippen LogP contribution is -2.27. The summed E-state index contributed by atoms with van der Waals surface area (Å²) in [6.45, 7) is 1.99. The first-order chi connectivity index (χ1) is 11.5. The van der Waals surface area contributed by atoms with Gasteiger partial charge in [-0.25, -0.2) is 9.97 Å². The van der Waals surface area contributed by atoms with Crippen molar-refractivity contribution in [1.29, 1.82) is 0 Å². The zero-order chi connectivity index (χ0) is 17.1. The van der Waals surface area contributed by atoms with Crippen LogP contribution >= 0.6 is 11.3 Å². The normalized spacial score (nSPS) is 11.0. The number of amides is 1. The highest BCUT2D eigenvalue weighted by Gasteiger charge is 2.15. The van der Waals surface area contributed by atoms with Gasteiger partial charge in [-0.15, -0.1) is 11.3 Å². The van der Waals surface area contributed by atoms with Crippen LogP contribution in [0.15, 0.2) is 28.1 Å². The molecule has 0 aliphatic carbocycles. The summed E-state index contributed by atoms with van der Waals surface area (Å²) in [6.07, 6.45) is 0. The molecule has 3 aromatic rings. The quantitative estimate of drug-likeness (QED) is 0.756. The van der Waals surface area contributed by atoms with Crippen molar-refractivity contribution in [3.05, 3.63) is 29.4 Å². The van der Waals surface area contributed by atoms with Gasteiger partial charge in [0.25, 0.3) is 5.89 Å². The van der Waals surface area contributed by atoms with Gasteiger partial charge in [0.15, 0.2) is 11.6 Å². The number of rotatable bonds is 5. The van der Waals surface area contributed by atoms with E-state index < -0.39 is 0 Å². The Balaban J connectivity index is 1.98. The molecule has 124 valence electrons. The highest BCUT2D eigenvalue weighted by Crippen LogP contribution is 2.26. The lowest BCUT2D eigenvalue weighted by Gasteiger charge is -2.10. The molecule has 0 aromatic carbocycles. The second kappa shape index (κ2) is 6.85. The Morgan fingerprint density at radius 2 is 2.17 bits per heavy atom. The van der Waals surface area contributed by atoms with Gasteiger partial charge in [0, 0.05) is 6.07 Å². The predicted molar refractivity (Wildman–Crippen MR) is 90.6 cm³/mol. The largest absolute Gasteiger partial charge is 0.332 e. The van der Waals surface area contributed by atoms with Gasteiger partial charge in [-0.1, -0.05) is 11.2 Å². The zero-order valence-electron chi connectivity index (χ0n) is 13.5. The van der Waals surface area contributed by atoms with Gasteiger partial charge >= 0.3 is 0 Å². The molecule has 0 aliphatic rings. The number of carbonyl (C=O) groups is 1. The zero-order valence-corrected chi connectivity index (χ0v) is 14.3. The molecule has 3 heterocycles. The van der Waals surface area contributed by atoms with Crippen molar-refractivity contribution in [2.24, 2.45) is 0 Å². The highest BCUT2D eigenvalue weighted by atomic mass is 32.1. The van der Waals surface area contributed by atoms with Crippen molar-refractivity contribution in [2.75, 3.05) is 26.0 Å². The summed E-state index contributed by atoms with van der Waals surface area (Å²) in [4.78, 5) is 27.7. The highest BCUT2D eigenvalue weighted by molar-refractivity contribution is 7.13. The number of hydrogen-bond donors (Lipinski definition) is 1. The van der Waals surface area contributed by atoms with E-state index in [0.717, 1.165) is 4.88 Å². The monoisotopic (exact) mass is 344 g/mol. The Morgan fingerprint density at radius 3 is 2.79 bits per heavy atom. The molecule has 1 N–H and O–H groups in total. The number of hydrogen-bond acceptors (Lipinski definition) is 8. The molecule has 0 aliphatic heterocycles. The van der Waals surface area contributed by atoms with Crippen molar-refractivity contribution in [2.45, 2.75) is 6.92 Å². The van der Waals surface area contributed by atoms with E-state index in [-0.39, 0.29) is 18.3 Å². The molecule has 0 bridgehead atoms. The number of aryl methyl sites for hydroxylation is 1. The standard InChI is InChI=1S/C15H16N6O2S/c1-9-16-15(23-20-9)10-7-12(18-13(22)8-21(2)3)19-14(17-10)11-5-4-6-24-11/h4-7H,8H2,1-3H3,(H,17,18,19,22). The van der Waals surface area contributed by atoms with Gasteiger partial charge in [0.2, 0.25) is 5.91 Å². The van der Waals surface area contributed by atoms with Crippen molar-refractivity contribution < 1.29 is 9.32 Å². The van der Waals surface area contributed by atoms with E-state index in [1.54, 1.807) is 17.9 Å². The molecule has 0 spiro atoms. The summed E-state index contributed by atoms with van der Waals surface area (Å²) in [6, 6.07) is 5.45. The smallest absolute Gasteiger partial charge is 0.276 e. The van der Waals surface area contributed by atoms with E-state index in [9.17, 15) is 4.79 Å². The van der Waals surface area contributed by atoms with E-state index >= 15 is 0 Å². The van der Waals surface area contributed by atoms with Gasteiger partial charge in [0.05, 0.1) is 11.4 Å². The molecule has 0 unspecified atom stereocenters. The van der Waals surface area contributed by atoms with Gasteiger partial charge < -0.3 is 14.7 Å². The molecule has 3 rings (SSSR count). The lowest BCUT2D eigenvalue weighted by atomic mass is 10.3. The van der Waals surface area contributed by atoms with Crippen LogP contribution in [0, 0.1) is 6.92 Å².